The maximum Gasteiger partial charge on any atom is 0.407 e. The molecule has 1 heterocycles. The zero-order valence-electron chi connectivity index (χ0n) is 16.1. The number of aromatic nitrogens is 1. The highest BCUT2D eigenvalue weighted by atomic mass is 16.5. The second kappa shape index (κ2) is 9.64. The molecule has 0 spiro atoms. The van der Waals surface area contributed by atoms with Crippen LogP contribution in [0, 0.1) is 0 Å². The maximum absolute atomic E-state index is 11.5. The van der Waals surface area contributed by atoms with E-state index in [0.29, 0.717) is 43.3 Å². The lowest BCUT2D eigenvalue weighted by Gasteiger charge is -2.18. The summed E-state index contributed by atoms with van der Waals surface area (Å²) >= 11 is 0. The van der Waals surface area contributed by atoms with Gasteiger partial charge in [0.2, 0.25) is 0 Å². The normalized spacial score (nSPS) is 11.8. The summed E-state index contributed by atoms with van der Waals surface area (Å²) in [5.74, 6) is 1.48. The SMILES string of the molecule is CCNC(=O)OCCC(CNc1noc2cccc(OC)c12)c1ccccc1. The Morgan fingerprint density at radius 3 is 2.75 bits per heavy atom. The number of nitrogens with zero attached hydrogens (tertiary/aromatic N) is 1. The third-order valence-corrected chi connectivity index (χ3v) is 4.49. The van der Waals surface area contributed by atoms with E-state index in [1.165, 1.54) is 0 Å². The van der Waals surface area contributed by atoms with E-state index < -0.39 is 6.09 Å². The number of ether oxygens (including phenoxy) is 2. The molecule has 1 amide bonds. The lowest BCUT2D eigenvalue weighted by molar-refractivity contribution is 0.143. The summed E-state index contributed by atoms with van der Waals surface area (Å²) in [7, 11) is 1.62. The monoisotopic (exact) mass is 383 g/mol. The number of amides is 1. The molecule has 28 heavy (non-hydrogen) atoms. The van der Waals surface area contributed by atoms with Crippen LogP contribution in [0.4, 0.5) is 10.6 Å². The van der Waals surface area contributed by atoms with E-state index in [0.717, 1.165) is 10.9 Å². The second-order valence-corrected chi connectivity index (χ2v) is 6.31. The molecule has 1 unspecified atom stereocenters. The molecule has 7 nitrogen and oxygen atoms in total. The third kappa shape index (κ3) is 4.73. The van der Waals surface area contributed by atoms with Crippen molar-refractivity contribution in [2.75, 3.05) is 32.1 Å². The molecule has 2 aromatic carbocycles. The van der Waals surface area contributed by atoms with Gasteiger partial charge in [0.1, 0.15) is 11.1 Å². The van der Waals surface area contributed by atoms with Gasteiger partial charge in [-0.05, 0) is 31.0 Å². The first kappa shape index (κ1) is 19.5. The van der Waals surface area contributed by atoms with E-state index in [1.54, 1.807) is 7.11 Å². The minimum absolute atomic E-state index is 0.136. The number of benzene rings is 2. The van der Waals surface area contributed by atoms with E-state index >= 15 is 0 Å². The Labute approximate surface area is 164 Å². The Balaban J connectivity index is 1.70. The molecule has 0 aliphatic heterocycles. The first-order valence-electron chi connectivity index (χ1n) is 9.34. The fourth-order valence-corrected chi connectivity index (χ4v) is 3.07. The van der Waals surface area contributed by atoms with Crippen molar-refractivity contribution in [3.05, 3.63) is 54.1 Å². The molecule has 1 aromatic heterocycles. The number of fused-ring (bicyclic) bond motifs is 1. The highest BCUT2D eigenvalue weighted by molar-refractivity contribution is 5.93. The number of methoxy groups -OCH3 is 1. The summed E-state index contributed by atoms with van der Waals surface area (Å²) < 4.78 is 16.1. The second-order valence-electron chi connectivity index (χ2n) is 6.31. The van der Waals surface area contributed by atoms with Gasteiger partial charge in [-0.3, -0.25) is 0 Å². The van der Waals surface area contributed by atoms with Gasteiger partial charge < -0.3 is 24.6 Å². The molecule has 7 heteroatoms. The Kier molecular flexibility index (Phi) is 6.73. The number of anilines is 1. The predicted molar refractivity (Wildman–Crippen MR) is 108 cm³/mol. The van der Waals surface area contributed by atoms with Crippen LogP contribution in [0.1, 0.15) is 24.8 Å². The zero-order chi connectivity index (χ0) is 19.8. The van der Waals surface area contributed by atoms with Crippen LogP contribution in [0.5, 0.6) is 5.75 Å². The number of hydrogen-bond acceptors (Lipinski definition) is 6. The maximum atomic E-state index is 11.5. The molecule has 0 saturated carbocycles. The lowest BCUT2D eigenvalue weighted by Crippen LogP contribution is -2.25. The van der Waals surface area contributed by atoms with Gasteiger partial charge in [-0.25, -0.2) is 4.79 Å². The minimum Gasteiger partial charge on any atom is -0.496 e. The molecule has 2 N–H and O–H groups in total. The van der Waals surface area contributed by atoms with Crippen LogP contribution in [0.15, 0.2) is 53.1 Å². The quantitative estimate of drug-likeness (QED) is 0.577. The predicted octanol–water partition coefficient (Wildman–Crippen LogP) is 4.17. The summed E-state index contributed by atoms with van der Waals surface area (Å²) in [6.07, 6.45) is 0.288. The largest absolute Gasteiger partial charge is 0.496 e. The summed E-state index contributed by atoms with van der Waals surface area (Å²) in [5.41, 5.74) is 1.83. The molecule has 0 aliphatic carbocycles. The number of alkyl carbamates (subject to hydrolysis) is 1. The van der Waals surface area contributed by atoms with Crippen LogP contribution in [-0.2, 0) is 4.74 Å². The van der Waals surface area contributed by atoms with Gasteiger partial charge in [-0.1, -0.05) is 41.6 Å². The van der Waals surface area contributed by atoms with Crippen molar-refractivity contribution >= 4 is 22.9 Å². The van der Waals surface area contributed by atoms with Gasteiger partial charge in [0.25, 0.3) is 0 Å². The molecule has 0 bridgehead atoms. The van der Waals surface area contributed by atoms with E-state index in [9.17, 15) is 4.79 Å². The first-order chi connectivity index (χ1) is 13.7. The zero-order valence-corrected chi connectivity index (χ0v) is 16.1. The summed E-state index contributed by atoms with van der Waals surface area (Å²) in [5, 5.41) is 11.0. The Bertz CT molecular complexity index is 895. The molecule has 3 rings (SSSR count). The van der Waals surface area contributed by atoms with Gasteiger partial charge in [0.05, 0.1) is 13.7 Å². The molecule has 0 radical (unpaired) electrons. The molecule has 0 aliphatic rings. The number of hydrogen-bond donors (Lipinski definition) is 2. The molecule has 0 saturated heterocycles. The van der Waals surface area contributed by atoms with Crippen molar-refractivity contribution in [2.24, 2.45) is 0 Å². The van der Waals surface area contributed by atoms with Crippen LogP contribution in [0.3, 0.4) is 0 Å². The fraction of sp³-hybridized carbons (Fsp3) is 0.333. The highest BCUT2D eigenvalue weighted by Crippen LogP contribution is 2.32. The van der Waals surface area contributed by atoms with Crippen molar-refractivity contribution in [3.8, 4) is 5.75 Å². The van der Waals surface area contributed by atoms with E-state index in [1.807, 2.05) is 43.3 Å². The van der Waals surface area contributed by atoms with Gasteiger partial charge in [0.15, 0.2) is 11.4 Å². The van der Waals surface area contributed by atoms with Gasteiger partial charge in [-0.15, -0.1) is 0 Å². The number of carbonyl (C=O) groups excluding carboxylic acids is 1. The smallest absolute Gasteiger partial charge is 0.407 e. The van der Waals surface area contributed by atoms with Crippen LogP contribution in [0.2, 0.25) is 0 Å². The third-order valence-electron chi connectivity index (χ3n) is 4.49. The molecule has 1 atom stereocenters. The summed E-state index contributed by atoms with van der Waals surface area (Å²) in [6, 6.07) is 15.7. The van der Waals surface area contributed by atoms with Crippen molar-refractivity contribution in [3.63, 3.8) is 0 Å². The van der Waals surface area contributed by atoms with Crippen LogP contribution < -0.4 is 15.4 Å². The molecular formula is C21H25N3O4. The molecule has 148 valence electrons. The minimum atomic E-state index is -0.394. The lowest BCUT2D eigenvalue weighted by atomic mass is 9.96. The van der Waals surface area contributed by atoms with Crippen LogP contribution in [0.25, 0.3) is 11.0 Å². The van der Waals surface area contributed by atoms with Crippen molar-refractivity contribution < 1.29 is 18.8 Å². The van der Waals surface area contributed by atoms with E-state index in [4.69, 9.17) is 14.0 Å². The summed E-state index contributed by atoms with van der Waals surface area (Å²) in [4.78, 5) is 11.5. The van der Waals surface area contributed by atoms with Gasteiger partial charge >= 0.3 is 6.09 Å². The van der Waals surface area contributed by atoms with Crippen LogP contribution >= 0.6 is 0 Å². The number of carbonyl (C=O) groups is 1. The van der Waals surface area contributed by atoms with Gasteiger partial charge in [0, 0.05) is 19.0 Å². The van der Waals surface area contributed by atoms with Crippen molar-refractivity contribution in [1.82, 2.24) is 10.5 Å². The van der Waals surface area contributed by atoms with Gasteiger partial charge in [-0.2, -0.15) is 0 Å². The van der Waals surface area contributed by atoms with Crippen molar-refractivity contribution in [2.45, 2.75) is 19.3 Å². The molecular weight excluding hydrogens is 358 g/mol. The first-order valence-corrected chi connectivity index (χ1v) is 9.34. The highest BCUT2D eigenvalue weighted by Gasteiger charge is 2.17. The summed E-state index contributed by atoms with van der Waals surface area (Å²) in [6.45, 7) is 3.34. The fourth-order valence-electron chi connectivity index (χ4n) is 3.07. The molecule has 0 fully saturated rings. The standard InChI is InChI=1S/C21H25N3O4/c1-3-22-21(25)27-13-12-16(15-8-5-4-6-9-15)14-23-20-19-17(26-2)10-7-11-18(19)28-24-20/h4-11,16H,3,12-14H2,1-2H3,(H,22,25)(H,23,24). The number of nitrogens with one attached hydrogen (secondary N) is 2. The van der Waals surface area contributed by atoms with Crippen LogP contribution in [-0.4, -0.2) is 38.1 Å². The van der Waals surface area contributed by atoms with E-state index in [2.05, 4.69) is 27.9 Å². The Hall–Kier alpha value is -3.22. The average molecular weight is 383 g/mol. The van der Waals surface area contributed by atoms with E-state index in [-0.39, 0.29) is 5.92 Å². The average Bonchev–Trinajstić information content (AvgIpc) is 3.14. The van der Waals surface area contributed by atoms with Crippen molar-refractivity contribution in [1.29, 1.82) is 0 Å². The Morgan fingerprint density at radius 1 is 1.18 bits per heavy atom. The Morgan fingerprint density at radius 2 is 2.00 bits per heavy atom. The topological polar surface area (TPSA) is 85.6 Å². The number of rotatable bonds is 9. The molecule has 3 aromatic rings.